The maximum atomic E-state index is 12.8. The molecular weight excluding hydrogens is 235 g/mol. The molecule has 1 aromatic rings. The third-order valence-corrected chi connectivity index (χ3v) is 2.17. The van der Waals surface area contributed by atoms with E-state index in [1.807, 2.05) is 6.07 Å². The summed E-state index contributed by atoms with van der Waals surface area (Å²) in [5, 5.41) is 0. The minimum atomic E-state index is -0.240. The summed E-state index contributed by atoms with van der Waals surface area (Å²) >= 11 is 3.21. The van der Waals surface area contributed by atoms with E-state index < -0.39 is 0 Å². The molecule has 0 atom stereocenters. The molecule has 0 fully saturated rings. The summed E-state index contributed by atoms with van der Waals surface area (Å²) in [4.78, 5) is 10.0. The number of aryl methyl sites for hydroxylation is 1. The van der Waals surface area contributed by atoms with Crippen molar-refractivity contribution < 1.29 is 9.18 Å². The van der Waals surface area contributed by atoms with Crippen LogP contribution in [0.15, 0.2) is 22.7 Å². The maximum Gasteiger partial charge on any atom is 0.124 e. The molecule has 1 aromatic carbocycles. The van der Waals surface area contributed by atoms with Gasteiger partial charge in [0.25, 0.3) is 0 Å². The normalized spacial score (nSPS) is 10.0. The molecule has 70 valence electrons. The Hall–Kier alpha value is -0.700. The van der Waals surface area contributed by atoms with Crippen LogP contribution in [0.25, 0.3) is 0 Å². The lowest BCUT2D eigenvalue weighted by molar-refractivity contribution is -0.107. The minimum Gasteiger partial charge on any atom is -0.303 e. The summed E-state index contributed by atoms with van der Waals surface area (Å²) in [5.41, 5.74) is 0.925. The number of benzene rings is 1. The van der Waals surface area contributed by atoms with Gasteiger partial charge in [-0.25, -0.2) is 4.39 Å². The second kappa shape index (κ2) is 5.12. The van der Waals surface area contributed by atoms with Crippen LogP contribution in [0, 0.1) is 5.82 Å². The van der Waals surface area contributed by atoms with Crippen molar-refractivity contribution in [1.29, 1.82) is 0 Å². The van der Waals surface area contributed by atoms with Gasteiger partial charge in [0.05, 0.1) is 0 Å². The molecule has 0 aliphatic carbocycles. The summed E-state index contributed by atoms with van der Waals surface area (Å²) in [6, 6.07) is 4.78. The molecule has 0 N–H and O–H groups in total. The first-order chi connectivity index (χ1) is 6.22. The number of unbranched alkanes of at least 4 members (excludes halogenated alkanes) is 1. The Kier molecular flexibility index (Phi) is 4.09. The number of hydrogen-bond donors (Lipinski definition) is 0. The predicted octanol–water partition coefficient (Wildman–Crippen LogP) is 3.11. The number of hydrogen-bond acceptors (Lipinski definition) is 1. The second-order valence-electron chi connectivity index (χ2n) is 2.84. The number of aldehydes is 1. The van der Waals surface area contributed by atoms with E-state index in [2.05, 4.69) is 15.9 Å². The van der Waals surface area contributed by atoms with Crippen molar-refractivity contribution in [2.45, 2.75) is 19.3 Å². The quantitative estimate of drug-likeness (QED) is 0.588. The zero-order valence-electron chi connectivity index (χ0n) is 7.09. The first kappa shape index (κ1) is 10.4. The van der Waals surface area contributed by atoms with Crippen molar-refractivity contribution in [1.82, 2.24) is 0 Å². The van der Waals surface area contributed by atoms with Gasteiger partial charge in [-0.15, -0.1) is 0 Å². The summed E-state index contributed by atoms with van der Waals surface area (Å²) in [5.74, 6) is -0.240. The lowest BCUT2D eigenvalue weighted by atomic mass is 10.1. The van der Waals surface area contributed by atoms with Gasteiger partial charge in [0, 0.05) is 10.9 Å². The van der Waals surface area contributed by atoms with Gasteiger partial charge in [0.2, 0.25) is 0 Å². The molecule has 1 nitrogen and oxygen atoms in total. The van der Waals surface area contributed by atoms with Gasteiger partial charge in [-0.2, -0.15) is 0 Å². The van der Waals surface area contributed by atoms with Gasteiger partial charge in [0.1, 0.15) is 12.1 Å². The molecule has 0 bridgehead atoms. The van der Waals surface area contributed by atoms with Crippen LogP contribution in [-0.4, -0.2) is 6.29 Å². The molecule has 1 rings (SSSR count). The van der Waals surface area contributed by atoms with Crippen LogP contribution in [0.1, 0.15) is 18.4 Å². The number of halogens is 2. The van der Waals surface area contributed by atoms with Gasteiger partial charge in [0.15, 0.2) is 0 Å². The summed E-state index contributed by atoms with van der Waals surface area (Å²) in [7, 11) is 0. The fourth-order valence-corrected chi connectivity index (χ4v) is 1.66. The smallest absolute Gasteiger partial charge is 0.124 e. The first-order valence-corrected chi connectivity index (χ1v) is 4.90. The minimum absolute atomic E-state index is 0.240. The molecule has 0 saturated carbocycles. The zero-order chi connectivity index (χ0) is 9.68. The van der Waals surface area contributed by atoms with E-state index in [0.29, 0.717) is 6.42 Å². The highest BCUT2D eigenvalue weighted by atomic mass is 79.9. The van der Waals surface area contributed by atoms with Crippen LogP contribution < -0.4 is 0 Å². The molecule has 0 spiro atoms. The summed E-state index contributed by atoms with van der Waals surface area (Å²) in [6.45, 7) is 0. The molecule has 3 heteroatoms. The largest absolute Gasteiger partial charge is 0.303 e. The van der Waals surface area contributed by atoms with E-state index in [1.165, 1.54) is 12.1 Å². The van der Waals surface area contributed by atoms with Crippen LogP contribution in [0.3, 0.4) is 0 Å². The molecule has 0 heterocycles. The van der Waals surface area contributed by atoms with Crippen molar-refractivity contribution in [2.75, 3.05) is 0 Å². The molecule has 0 aromatic heterocycles. The van der Waals surface area contributed by atoms with Crippen molar-refractivity contribution in [2.24, 2.45) is 0 Å². The Morgan fingerprint density at radius 2 is 2.15 bits per heavy atom. The number of carbonyl (C=O) groups excluding carboxylic acids is 1. The molecule has 0 radical (unpaired) electrons. The van der Waals surface area contributed by atoms with Gasteiger partial charge >= 0.3 is 0 Å². The standard InChI is InChI=1S/C10H10BrFO/c11-9-5-8(3-1-2-4-13)6-10(12)7-9/h4-7H,1-3H2. The Morgan fingerprint density at radius 1 is 1.38 bits per heavy atom. The molecule has 0 amide bonds. The van der Waals surface area contributed by atoms with Gasteiger partial charge in [-0.05, 0) is 36.6 Å². The lowest BCUT2D eigenvalue weighted by Crippen LogP contribution is -1.88. The topological polar surface area (TPSA) is 17.1 Å². The van der Waals surface area contributed by atoms with Gasteiger partial charge < -0.3 is 4.79 Å². The van der Waals surface area contributed by atoms with Crippen LogP contribution in [0.4, 0.5) is 4.39 Å². The summed E-state index contributed by atoms with van der Waals surface area (Å²) in [6.07, 6.45) is 2.94. The average Bonchev–Trinajstić information content (AvgIpc) is 2.03. The van der Waals surface area contributed by atoms with Crippen LogP contribution in [0.2, 0.25) is 0 Å². The van der Waals surface area contributed by atoms with Gasteiger partial charge in [-0.1, -0.05) is 15.9 Å². The Bertz CT molecular complexity index is 279. The highest BCUT2D eigenvalue weighted by Gasteiger charge is 1.98. The van der Waals surface area contributed by atoms with Crippen LogP contribution in [0.5, 0.6) is 0 Å². The van der Waals surface area contributed by atoms with Crippen molar-refractivity contribution in [3.8, 4) is 0 Å². The first-order valence-electron chi connectivity index (χ1n) is 4.11. The van der Waals surface area contributed by atoms with E-state index >= 15 is 0 Å². The SMILES string of the molecule is O=CCCCc1cc(F)cc(Br)c1. The Morgan fingerprint density at radius 3 is 2.77 bits per heavy atom. The monoisotopic (exact) mass is 244 g/mol. The molecule has 13 heavy (non-hydrogen) atoms. The Balaban J connectivity index is 2.60. The van der Waals surface area contributed by atoms with Crippen molar-refractivity contribution >= 4 is 22.2 Å². The molecular formula is C10H10BrFO. The zero-order valence-corrected chi connectivity index (χ0v) is 8.68. The molecule has 0 saturated heterocycles. The average molecular weight is 245 g/mol. The number of carbonyl (C=O) groups is 1. The highest BCUT2D eigenvalue weighted by molar-refractivity contribution is 9.10. The van der Waals surface area contributed by atoms with Gasteiger partial charge in [-0.3, -0.25) is 0 Å². The maximum absolute atomic E-state index is 12.8. The third kappa shape index (κ3) is 3.68. The lowest BCUT2D eigenvalue weighted by Gasteiger charge is -2.00. The molecule has 0 aliphatic rings. The van der Waals surface area contributed by atoms with E-state index in [4.69, 9.17) is 0 Å². The van der Waals surface area contributed by atoms with Crippen molar-refractivity contribution in [3.63, 3.8) is 0 Å². The predicted molar refractivity (Wildman–Crippen MR) is 53.1 cm³/mol. The van der Waals surface area contributed by atoms with Crippen LogP contribution in [-0.2, 0) is 11.2 Å². The van der Waals surface area contributed by atoms with E-state index in [-0.39, 0.29) is 5.82 Å². The van der Waals surface area contributed by atoms with Crippen molar-refractivity contribution in [3.05, 3.63) is 34.1 Å². The Labute approximate surface area is 85.1 Å². The number of rotatable bonds is 4. The highest BCUT2D eigenvalue weighted by Crippen LogP contribution is 2.16. The second-order valence-corrected chi connectivity index (χ2v) is 3.75. The summed E-state index contributed by atoms with van der Waals surface area (Å²) < 4.78 is 13.6. The van der Waals surface area contributed by atoms with Crippen LogP contribution >= 0.6 is 15.9 Å². The van der Waals surface area contributed by atoms with E-state index in [0.717, 1.165) is 29.2 Å². The molecule has 0 unspecified atom stereocenters. The fraction of sp³-hybridized carbons (Fsp3) is 0.300. The fourth-order valence-electron chi connectivity index (χ4n) is 1.14. The third-order valence-electron chi connectivity index (χ3n) is 1.71. The van der Waals surface area contributed by atoms with E-state index in [1.54, 1.807) is 0 Å². The van der Waals surface area contributed by atoms with E-state index in [9.17, 15) is 9.18 Å². The molecule has 0 aliphatic heterocycles.